The zero-order chi connectivity index (χ0) is 13.6. The molecule has 0 spiro atoms. The van der Waals surface area contributed by atoms with Crippen LogP contribution in [-0.4, -0.2) is 46.3 Å². The zero-order valence-corrected chi connectivity index (χ0v) is 11.9. The Kier molecular flexibility index (Phi) is 3.09. The first kappa shape index (κ1) is 12.7. The van der Waals surface area contributed by atoms with Crippen molar-refractivity contribution in [2.75, 3.05) is 19.6 Å². The number of aromatic nitrogens is 2. The summed E-state index contributed by atoms with van der Waals surface area (Å²) in [6, 6.07) is 0.495. The number of likely N-dealkylation sites (tertiary alicyclic amines) is 1. The summed E-state index contributed by atoms with van der Waals surface area (Å²) in [6.45, 7) is 6.71. The minimum absolute atomic E-state index is 0.152. The van der Waals surface area contributed by atoms with E-state index >= 15 is 0 Å². The third kappa shape index (κ3) is 2.06. The van der Waals surface area contributed by atoms with Crippen molar-refractivity contribution in [2.24, 2.45) is 13.0 Å². The number of amides is 1. The van der Waals surface area contributed by atoms with E-state index in [0.29, 0.717) is 12.0 Å². The van der Waals surface area contributed by atoms with Gasteiger partial charge in [0.15, 0.2) is 0 Å². The van der Waals surface area contributed by atoms with E-state index in [4.69, 9.17) is 0 Å². The third-order valence-electron chi connectivity index (χ3n) is 4.61. The molecule has 0 aliphatic carbocycles. The van der Waals surface area contributed by atoms with Crippen LogP contribution < -0.4 is 5.32 Å². The second-order valence-corrected chi connectivity index (χ2v) is 5.84. The van der Waals surface area contributed by atoms with Crippen molar-refractivity contribution in [3.8, 4) is 0 Å². The summed E-state index contributed by atoms with van der Waals surface area (Å²) in [7, 11) is 1.89. The monoisotopic (exact) mass is 262 g/mol. The van der Waals surface area contributed by atoms with E-state index in [9.17, 15) is 4.79 Å². The van der Waals surface area contributed by atoms with Gasteiger partial charge in [0.05, 0.1) is 11.3 Å². The van der Waals surface area contributed by atoms with Gasteiger partial charge in [-0.2, -0.15) is 5.10 Å². The molecule has 2 atom stereocenters. The van der Waals surface area contributed by atoms with Gasteiger partial charge in [-0.05, 0) is 39.2 Å². The van der Waals surface area contributed by atoms with Crippen LogP contribution in [0.15, 0.2) is 0 Å². The van der Waals surface area contributed by atoms with Crippen LogP contribution in [-0.2, 0) is 7.05 Å². The molecule has 1 aromatic rings. The SMILES string of the molecule is Cc1nn(C)c(C)c1C(=O)N1CC2CCCNC2C1. The van der Waals surface area contributed by atoms with Gasteiger partial charge in [0, 0.05) is 31.9 Å². The van der Waals surface area contributed by atoms with Crippen LogP contribution in [0.1, 0.15) is 34.6 Å². The molecule has 3 heterocycles. The Morgan fingerprint density at radius 2 is 2.16 bits per heavy atom. The van der Waals surface area contributed by atoms with E-state index in [2.05, 4.69) is 10.4 Å². The van der Waals surface area contributed by atoms with Gasteiger partial charge < -0.3 is 10.2 Å². The van der Waals surface area contributed by atoms with E-state index in [1.165, 1.54) is 12.8 Å². The van der Waals surface area contributed by atoms with Crippen LogP contribution in [0.3, 0.4) is 0 Å². The Hall–Kier alpha value is -1.36. The molecule has 1 amide bonds. The summed E-state index contributed by atoms with van der Waals surface area (Å²) >= 11 is 0. The van der Waals surface area contributed by atoms with Gasteiger partial charge in [0.1, 0.15) is 0 Å². The van der Waals surface area contributed by atoms with E-state index in [1.54, 1.807) is 4.68 Å². The number of carbonyl (C=O) groups is 1. The molecule has 3 rings (SSSR count). The molecule has 2 fully saturated rings. The van der Waals surface area contributed by atoms with Crippen molar-refractivity contribution in [3.63, 3.8) is 0 Å². The van der Waals surface area contributed by atoms with Gasteiger partial charge in [0.25, 0.3) is 5.91 Å². The maximum absolute atomic E-state index is 12.7. The van der Waals surface area contributed by atoms with E-state index in [1.807, 2.05) is 25.8 Å². The number of aryl methyl sites for hydroxylation is 2. The fourth-order valence-electron chi connectivity index (χ4n) is 3.45. The van der Waals surface area contributed by atoms with Gasteiger partial charge in [-0.25, -0.2) is 0 Å². The van der Waals surface area contributed by atoms with E-state index in [0.717, 1.165) is 36.6 Å². The van der Waals surface area contributed by atoms with Gasteiger partial charge >= 0.3 is 0 Å². The smallest absolute Gasteiger partial charge is 0.257 e. The lowest BCUT2D eigenvalue weighted by Crippen LogP contribution is -2.41. The molecule has 2 aliphatic heterocycles. The first-order valence-electron chi connectivity index (χ1n) is 7.10. The van der Waals surface area contributed by atoms with E-state index in [-0.39, 0.29) is 5.91 Å². The van der Waals surface area contributed by atoms with Crippen LogP contribution >= 0.6 is 0 Å². The summed E-state index contributed by atoms with van der Waals surface area (Å²) in [4.78, 5) is 14.7. The maximum Gasteiger partial charge on any atom is 0.257 e. The van der Waals surface area contributed by atoms with Crippen LogP contribution in [0.25, 0.3) is 0 Å². The predicted octanol–water partition coefficient (Wildman–Crippen LogP) is 0.861. The average molecular weight is 262 g/mol. The van der Waals surface area contributed by atoms with Gasteiger partial charge in [-0.15, -0.1) is 0 Å². The molecule has 0 aromatic carbocycles. The minimum Gasteiger partial charge on any atom is -0.337 e. The number of nitrogens with one attached hydrogen (secondary N) is 1. The quantitative estimate of drug-likeness (QED) is 0.816. The first-order chi connectivity index (χ1) is 9.08. The Labute approximate surface area is 114 Å². The maximum atomic E-state index is 12.7. The number of hydrogen-bond donors (Lipinski definition) is 1. The highest BCUT2D eigenvalue weighted by Crippen LogP contribution is 2.27. The molecule has 0 bridgehead atoms. The average Bonchev–Trinajstić information content (AvgIpc) is 2.91. The number of fused-ring (bicyclic) bond motifs is 1. The standard InChI is InChI=1S/C14H22N4O/c1-9-13(10(2)17(3)16-9)14(19)18-7-11-5-4-6-15-12(11)8-18/h11-12,15H,4-8H2,1-3H3. The Bertz CT molecular complexity index is 494. The summed E-state index contributed by atoms with van der Waals surface area (Å²) in [6.07, 6.45) is 2.47. The van der Waals surface area contributed by atoms with Gasteiger partial charge in [0.2, 0.25) is 0 Å². The second-order valence-electron chi connectivity index (χ2n) is 5.84. The molecule has 5 nitrogen and oxygen atoms in total. The predicted molar refractivity (Wildman–Crippen MR) is 73.1 cm³/mol. The number of hydrogen-bond acceptors (Lipinski definition) is 3. The molecular formula is C14H22N4O. The van der Waals surface area contributed by atoms with E-state index < -0.39 is 0 Å². The van der Waals surface area contributed by atoms with Gasteiger partial charge in [-0.1, -0.05) is 0 Å². The lowest BCUT2D eigenvalue weighted by Gasteiger charge is -2.24. The van der Waals surface area contributed by atoms with Crippen LogP contribution in [0.5, 0.6) is 0 Å². The topological polar surface area (TPSA) is 50.2 Å². The molecule has 0 saturated carbocycles. The summed E-state index contributed by atoms with van der Waals surface area (Å²) in [5.41, 5.74) is 2.60. The largest absolute Gasteiger partial charge is 0.337 e. The van der Waals surface area contributed by atoms with Crippen LogP contribution in [0, 0.1) is 19.8 Å². The van der Waals surface area contributed by atoms with Crippen molar-refractivity contribution in [2.45, 2.75) is 32.7 Å². The molecule has 0 radical (unpaired) electrons. The van der Waals surface area contributed by atoms with Crippen molar-refractivity contribution in [1.82, 2.24) is 20.0 Å². The fraction of sp³-hybridized carbons (Fsp3) is 0.714. The van der Waals surface area contributed by atoms with Crippen molar-refractivity contribution in [3.05, 3.63) is 17.0 Å². The van der Waals surface area contributed by atoms with Crippen molar-refractivity contribution >= 4 is 5.91 Å². The highest BCUT2D eigenvalue weighted by molar-refractivity contribution is 5.96. The Morgan fingerprint density at radius 3 is 2.79 bits per heavy atom. The van der Waals surface area contributed by atoms with Crippen LogP contribution in [0.4, 0.5) is 0 Å². The third-order valence-corrected chi connectivity index (χ3v) is 4.61. The molecular weight excluding hydrogens is 240 g/mol. The van der Waals surface area contributed by atoms with Crippen molar-refractivity contribution < 1.29 is 4.79 Å². The molecule has 1 aromatic heterocycles. The molecule has 2 unspecified atom stereocenters. The normalized spacial score (nSPS) is 26.6. The Morgan fingerprint density at radius 1 is 1.37 bits per heavy atom. The van der Waals surface area contributed by atoms with Gasteiger partial charge in [-0.3, -0.25) is 9.48 Å². The van der Waals surface area contributed by atoms with Crippen LogP contribution in [0.2, 0.25) is 0 Å². The summed E-state index contributed by atoms with van der Waals surface area (Å²) < 4.78 is 1.80. The Balaban J connectivity index is 1.81. The summed E-state index contributed by atoms with van der Waals surface area (Å²) in [5.74, 6) is 0.786. The highest BCUT2D eigenvalue weighted by atomic mass is 16.2. The number of piperidine rings is 1. The molecule has 104 valence electrons. The molecule has 5 heteroatoms. The molecule has 2 saturated heterocycles. The first-order valence-corrected chi connectivity index (χ1v) is 7.10. The highest BCUT2D eigenvalue weighted by Gasteiger charge is 2.37. The van der Waals surface area contributed by atoms with Crippen molar-refractivity contribution in [1.29, 1.82) is 0 Å². The lowest BCUT2D eigenvalue weighted by molar-refractivity contribution is 0.0784. The number of rotatable bonds is 1. The molecule has 2 aliphatic rings. The molecule has 19 heavy (non-hydrogen) atoms. The zero-order valence-electron chi connectivity index (χ0n) is 11.9. The number of carbonyl (C=O) groups excluding carboxylic acids is 1. The fourth-order valence-corrected chi connectivity index (χ4v) is 3.45. The number of nitrogens with zero attached hydrogens (tertiary/aromatic N) is 3. The molecule has 1 N–H and O–H groups in total. The second kappa shape index (κ2) is 4.63. The lowest BCUT2D eigenvalue weighted by atomic mass is 9.94. The minimum atomic E-state index is 0.152. The summed E-state index contributed by atoms with van der Waals surface area (Å²) in [5, 5.41) is 7.88.